The molecule has 3 aromatic rings. The molecule has 1 aliphatic heterocycles. The number of rotatable bonds is 5. The molecule has 5 heteroatoms. The second kappa shape index (κ2) is 10.4. The van der Waals surface area contributed by atoms with E-state index in [0.717, 1.165) is 46.7 Å². The molecular formula is C32H32N2O2S. The van der Waals surface area contributed by atoms with Gasteiger partial charge in [-0.05, 0) is 67.8 Å². The molecule has 1 aliphatic carbocycles. The van der Waals surface area contributed by atoms with E-state index >= 15 is 0 Å². The first-order valence-corrected chi connectivity index (χ1v) is 14.0. The molecule has 0 aromatic heterocycles. The smallest absolute Gasteiger partial charge is 0.161 e. The topological polar surface area (TPSA) is 64.4 Å². The maximum Gasteiger partial charge on any atom is 0.161 e. The van der Waals surface area contributed by atoms with Gasteiger partial charge < -0.3 is 5.11 Å². The number of anilines is 1. The SMILES string of the molecule is CCc1ccc(N2C(=N)/C(=C(/O)c3ccc(C)cc3)C(c3ccc(SC)cc3)C3=C2CCCC3=O)cc1. The summed E-state index contributed by atoms with van der Waals surface area (Å²) in [5.74, 6) is -0.144. The van der Waals surface area contributed by atoms with Gasteiger partial charge in [-0.1, -0.05) is 61.0 Å². The summed E-state index contributed by atoms with van der Waals surface area (Å²) in [6.45, 7) is 4.12. The number of carbonyl (C=O) groups excluding carboxylic acids is 1. The number of benzene rings is 3. The number of aliphatic hydroxyl groups is 1. The average molecular weight is 509 g/mol. The van der Waals surface area contributed by atoms with E-state index in [1.165, 1.54) is 5.56 Å². The molecule has 5 rings (SSSR count). The predicted molar refractivity (Wildman–Crippen MR) is 154 cm³/mol. The number of aliphatic hydroxyl groups excluding tert-OH is 1. The Morgan fingerprint density at radius 1 is 1.00 bits per heavy atom. The summed E-state index contributed by atoms with van der Waals surface area (Å²) in [4.78, 5) is 16.6. The van der Waals surface area contributed by atoms with Gasteiger partial charge in [0.1, 0.15) is 11.6 Å². The molecule has 2 N–H and O–H groups in total. The van der Waals surface area contributed by atoms with Crippen molar-refractivity contribution < 1.29 is 9.90 Å². The van der Waals surface area contributed by atoms with Gasteiger partial charge in [-0.25, -0.2) is 0 Å². The number of carbonyl (C=O) groups is 1. The Kier molecular flexibility index (Phi) is 7.07. The van der Waals surface area contributed by atoms with Crippen molar-refractivity contribution in [3.8, 4) is 0 Å². The van der Waals surface area contributed by atoms with Gasteiger partial charge in [0.25, 0.3) is 0 Å². The molecule has 1 atom stereocenters. The quantitative estimate of drug-likeness (QED) is 0.272. The lowest BCUT2D eigenvalue weighted by Crippen LogP contribution is -2.42. The molecule has 0 fully saturated rings. The molecule has 0 saturated heterocycles. The molecule has 0 spiro atoms. The number of nitrogens with one attached hydrogen (secondary N) is 1. The fourth-order valence-corrected chi connectivity index (χ4v) is 5.76. The minimum absolute atomic E-state index is 0.0454. The Balaban J connectivity index is 1.79. The van der Waals surface area contributed by atoms with Crippen LogP contribution in [0.15, 0.2) is 94.5 Å². The number of nitrogens with zero attached hydrogens (tertiary/aromatic N) is 1. The van der Waals surface area contributed by atoms with E-state index in [2.05, 4.69) is 19.1 Å². The highest BCUT2D eigenvalue weighted by molar-refractivity contribution is 7.98. The normalized spacial score (nSPS) is 19.2. The first kappa shape index (κ1) is 25.1. The van der Waals surface area contributed by atoms with Crippen LogP contribution < -0.4 is 4.90 Å². The highest BCUT2D eigenvalue weighted by Crippen LogP contribution is 2.48. The Labute approximate surface area is 223 Å². The Morgan fingerprint density at radius 2 is 1.68 bits per heavy atom. The Hall–Kier alpha value is -3.57. The van der Waals surface area contributed by atoms with Crippen LogP contribution in [0.2, 0.25) is 0 Å². The van der Waals surface area contributed by atoms with Crippen molar-refractivity contribution in [3.63, 3.8) is 0 Å². The van der Waals surface area contributed by atoms with Crippen LogP contribution in [0.1, 0.15) is 54.4 Å². The molecule has 0 amide bonds. The van der Waals surface area contributed by atoms with E-state index in [4.69, 9.17) is 0 Å². The lowest BCUT2D eigenvalue weighted by Gasteiger charge is -2.42. The van der Waals surface area contributed by atoms with Crippen LogP contribution in [0.3, 0.4) is 0 Å². The van der Waals surface area contributed by atoms with Crippen LogP contribution in [0.25, 0.3) is 5.76 Å². The lowest BCUT2D eigenvalue weighted by molar-refractivity contribution is -0.116. The average Bonchev–Trinajstić information content (AvgIpc) is 2.93. The van der Waals surface area contributed by atoms with E-state index in [-0.39, 0.29) is 17.4 Å². The standard InChI is InChI=1S/C32H32N2O2S/c1-4-21-10-16-24(17-11-21)34-26-6-5-7-27(35)29(26)28(22-14-18-25(37-3)19-15-22)30(32(34)33)31(36)23-12-8-20(2)9-13-23/h8-19,28,33,36H,4-7H2,1-3H3/b31-30+,33-32?. The molecule has 4 nitrogen and oxygen atoms in total. The zero-order valence-electron chi connectivity index (χ0n) is 21.5. The minimum atomic E-state index is -0.501. The zero-order valence-corrected chi connectivity index (χ0v) is 22.4. The van der Waals surface area contributed by atoms with Gasteiger partial charge >= 0.3 is 0 Å². The molecule has 188 valence electrons. The highest BCUT2D eigenvalue weighted by atomic mass is 32.2. The number of Topliss-reactive ketones (excluding diaryl/α,β-unsaturated/α-hetero) is 1. The maximum absolute atomic E-state index is 13.6. The third-order valence-electron chi connectivity index (χ3n) is 7.39. The van der Waals surface area contributed by atoms with Gasteiger partial charge in [-0.2, -0.15) is 0 Å². The van der Waals surface area contributed by atoms with Crippen molar-refractivity contribution in [1.29, 1.82) is 5.41 Å². The number of allylic oxidation sites excluding steroid dienone is 2. The van der Waals surface area contributed by atoms with Crippen molar-refractivity contribution in [3.05, 3.63) is 112 Å². The van der Waals surface area contributed by atoms with Crippen molar-refractivity contribution in [1.82, 2.24) is 0 Å². The van der Waals surface area contributed by atoms with E-state index in [1.54, 1.807) is 11.8 Å². The number of thioether (sulfide) groups is 1. The summed E-state index contributed by atoms with van der Waals surface area (Å²) in [5.41, 5.74) is 6.76. The molecule has 2 aliphatic rings. The van der Waals surface area contributed by atoms with Crippen LogP contribution in [-0.2, 0) is 11.2 Å². The molecule has 1 unspecified atom stereocenters. The number of ketones is 1. The van der Waals surface area contributed by atoms with E-state index < -0.39 is 5.92 Å². The summed E-state index contributed by atoms with van der Waals surface area (Å²) in [5, 5.41) is 21.2. The minimum Gasteiger partial charge on any atom is -0.507 e. The third kappa shape index (κ3) is 4.64. The number of hydrogen-bond acceptors (Lipinski definition) is 4. The summed E-state index contributed by atoms with van der Waals surface area (Å²) < 4.78 is 0. The molecule has 0 bridgehead atoms. The molecule has 0 radical (unpaired) electrons. The van der Waals surface area contributed by atoms with Gasteiger partial charge in [0.05, 0.1) is 0 Å². The van der Waals surface area contributed by atoms with Crippen LogP contribution in [0, 0.1) is 12.3 Å². The van der Waals surface area contributed by atoms with Crippen LogP contribution in [0.4, 0.5) is 5.69 Å². The fraction of sp³-hybridized carbons (Fsp3) is 0.250. The molecular weight excluding hydrogens is 476 g/mol. The van der Waals surface area contributed by atoms with Crippen molar-refractivity contribution in [2.45, 2.75) is 50.3 Å². The zero-order chi connectivity index (χ0) is 26.1. The number of aryl methyl sites for hydroxylation is 2. The van der Waals surface area contributed by atoms with E-state index in [1.807, 2.05) is 78.7 Å². The third-order valence-corrected chi connectivity index (χ3v) is 8.13. The van der Waals surface area contributed by atoms with Crippen LogP contribution in [-0.4, -0.2) is 23.0 Å². The van der Waals surface area contributed by atoms with Gasteiger partial charge in [0, 0.05) is 45.3 Å². The lowest BCUT2D eigenvalue weighted by atomic mass is 9.73. The summed E-state index contributed by atoms with van der Waals surface area (Å²) >= 11 is 1.66. The van der Waals surface area contributed by atoms with Gasteiger partial charge in [0.15, 0.2) is 5.78 Å². The van der Waals surface area contributed by atoms with Crippen molar-refractivity contribution in [2.24, 2.45) is 0 Å². The molecule has 0 saturated carbocycles. The van der Waals surface area contributed by atoms with Gasteiger partial charge in [-0.15, -0.1) is 11.8 Å². The first-order valence-electron chi connectivity index (χ1n) is 12.8. The summed E-state index contributed by atoms with van der Waals surface area (Å²) in [7, 11) is 0. The molecule has 1 heterocycles. The monoisotopic (exact) mass is 508 g/mol. The first-order chi connectivity index (χ1) is 17.9. The molecule has 3 aromatic carbocycles. The fourth-order valence-electron chi connectivity index (χ4n) is 5.35. The van der Waals surface area contributed by atoms with Gasteiger partial charge in [0.2, 0.25) is 0 Å². The van der Waals surface area contributed by atoms with Crippen molar-refractivity contribution >= 4 is 34.8 Å². The number of amidine groups is 1. The number of hydrogen-bond donors (Lipinski definition) is 2. The second-order valence-corrected chi connectivity index (χ2v) is 10.6. The second-order valence-electron chi connectivity index (χ2n) is 9.68. The largest absolute Gasteiger partial charge is 0.507 e. The molecule has 37 heavy (non-hydrogen) atoms. The predicted octanol–water partition coefficient (Wildman–Crippen LogP) is 7.84. The summed E-state index contributed by atoms with van der Waals surface area (Å²) in [6.07, 6.45) is 4.92. The van der Waals surface area contributed by atoms with E-state index in [0.29, 0.717) is 23.1 Å². The van der Waals surface area contributed by atoms with Crippen LogP contribution in [0.5, 0.6) is 0 Å². The Morgan fingerprint density at radius 3 is 2.30 bits per heavy atom. The van der Waals surface area contributed by atoms with E-state index in [9.17, 15) is 15.3 Å². The summed E-state index contributed by atoms with van der Waals surface area (Å²) in [6, 6.07) is 24.0. The van der Waals surface area contributed by atoms with Gasteiger partial charge in [-0.3, -0.25) is 15.1 Å². The van der Waals surface area contributed by atoms with Crippen molar-refractivity contribution in [2.75, 3.05) is 11.2 Å². The maximum atomic E-state index is 13.6. The Bertz CT molecular complexity index is 1400. The van der Waals surface area contributed by atoms with Crippen LogP contribution >= 0.6 is 11.8 Å². The highest BCUT2D eigenvalue weighted by Gasteiger charge is 2.43.